The first-order valence-corrected chi connectivity index (χ1v) is 11.1. The summed E-state index contributed by atoms with van der Waals surface area (Å²) in [6.07, 6.45) is -4.72. The molecule has 0 radical (unpaired) electrons. The van der Waals surface area contributed by atoms with Crippen molar-refractivity contribution in [2.24, 2.45) is 0 Å². The highest BCUT2D eigenvalue weighted by molar-refractivity contribution is 5.97. The van der Waals surface area contributed by atoms with Crippen molar-refractivity contribution in [2.45, 2.75) is 54.0 Å². The number of hydrogen-bond acceptors (Lipinski definition) is 0. The Morgan fingerprint density at radius 1 is 0.636 bits per heavy atom. The molecule has 2 aromatic carbocycles. The van der Waals surface area contributed by atoms with Gasteiger partial charge in [0.15, 0.2) is 0 Å². The maximum Gasteiger partial charge on any atom is 0.555 e. The zero-order chi connectivity index (χ0) is 23.8. The van der Waals surface area contributed by atoms with E-state index in [1.807, 2.05) is 26.0 Å². The largest absolute Gasteiger partial charge is 0.555 e. The maximum absolute atomic E-state index is 13.9. The van der Waals surface area contributed by atoms with Crippen LogP contribution in [-0.4, -0.2) is 20.6 Å². The summed E-state index contributed by atoms with van der Waals surface area (Å²) in [6.45, 7) is 12.1. The number of hydrogen-bond donors (Lipinski definition) is 0. The summed E-state index contributed by atoms with van der Waals surface area (Å²) in [5.74, 6) is 0. The molecule has 3 heterocycles. The van der Waals surface area contributed by atoms with Gasteiger partial charge in [-0.1, -0.05) is 50.1 Å². The third-order valence-corrected chi connectivity index (χ3v) is 6.95. The van der Waals surface area contributed by atoms with Gasteiger partial charge in [0.1, 0.15) is 0 Å². The predicted octanol–water partition coefficient (Wildman–Crippen LogP) is 6.02. The van der Waals surface area contributed by atoms with Crippen LogP contribution in [0.1, 0.15) is 59.3 Å². The van der Waals surface area contributed by atoms with E-state index in [1.165, 1.54) is 12.1 Å². The van der Waals surface area contributed by atoms with Crippen LogP contribution in [0.4, 0.5) is 24.5 Å². The van der Waals surface area contributed by atoms with E-state index in [2.05, 4.69) is 65.7 Å². The van der Waals surface area contributed by atoms with Crippen molar-refractivity contribution >= 4 is 22.8 Å². The molecule has 33 heavy (non-hydrogen) atoms. The van der Waals surface area contributed by atoms with Gasteiger partial charge in [-0.3, -0.25) is 0 Å². The minimum Gasteiger partial charge on any atom is -0.166 e. The number of nitrogens with zero attached hydrogens (tertiary/aromatic N) is 3. The number of alkyl halides is 3. The molecule has 0 N–H and O–H groups in total. The van der Waals surface area contributed by atoms with E-state index in [0.717, 1.165) is 45.1 Å². The summed E-state index contributed by atoms with van der Waals surface area (Å²) in [6, 6.07) is 14.8. The second-order valence-electron chi connectivity index (χ2n) is 9.12. The van der Waals surface area contributed by atoms with Crippen LogP contribution < -0.4 is 4.57 Å². The van der Waals surface area contributed by atoms with Gasteiger partial charge in [0.25, 0.3) is 22.8 Å². The Hall–Kier alpha value is -3.28. The second-order valence-corrected chi connectivity index (χ2v) is 9.12. The van der Waals surface area contributed by atoms with Crippen molar-refractivity contribution in [2.75, 3.05) is 0 Å². The zero-order valence-corrected chi connectivity index (χ0v) is 19.7. The summed E-state index contributed by atoms with van der Waals surface area (Å²) in [5.41, 5.74) is 8.63. The van der Waals surface area contributed by atoms with E-state index in [0.29, 0.717) is 11.4 Å². The molecule has 0 saturated heterocycles. The van der Waals surface area contributed by atoms with E-state index in [1.54, 1.807) is 0 Å². The third kappa shape index (κ3) is 3.00. The van der Waals surface area contributed by atoms with Crippen LogP contribution >= 0.6 is 0 Å². The maximum atomic E-state index is 13.9. The number of aromatic nitrogens is 1. The Morgan fingerprint density at radius 3 is 1.33 bits per heavy atom. The van der Waals surface area contributed by atoms with Crippen LogP contribution in [0, 0.1) is 27.7 Å². The fourth-order valence-corrected chi connectivity index (χ4v) is 5.45. The Labute approximate surface area is 191 Å². The van der Waals surface area contributed by atoms with Crippen molar-refractivity contribution in [3.63, 3.8) is 0 Å². The molecule has 6 heteroatoms. The molecular formula is C27H27F3N3+3. The molecule has 1 aromatic heterocycles. The molecule has 0 saturated carbocycles. The third-order valence-electron chi connectivity index (χ3n) is 6.95. The van der Waals surface area contributed by atoms with Gasteiger partial charge in [-0.15, -0.1) is 0 Å². The standard InChI is InChI=1S/C27H27F3N3/c1-15-9-7-10-16(2)24(15)31-19(5)22-13-21(27(28,29)30)14-23-20(6)32(26(31)33(22)23)25-17(3)11-8-12-18(25)4/h7-14,26H,1-6H3/q+3. The molecule has 3 aromatic rings. The van der Waals surface area contributed by atoms with Crippen molar-refractivity contribution in [1.29, 1.82) is 0 Å². The Kier molecular flexibility index (Phi) is 4.64. The lowest BCUT2D eigenvalue weighted by molar-refractivity contribution is -0.968. The summed E-state index contributed by atoms with van der Waals surface area (Å²) >= 11 is 0. The first-order chi connectivity index (χ1) is 15.5. The number of para-hydroxylation sites is 2. The Balaban J connectivity index is 1.91. The molecule has 0 amide bonds. The van der Waals surface area contributed by atoms with E-state index >= 15 is 0 Å². The highest BCUT2D eigenvalue weighted by Crippen LogP contribution is 2.40. The van der Waals surface area contributed by atoms with Crippen molar-refractivity contribution in [3.8, 4) is 0 Å². The molecule has 0 aliphatic carbocycles. The molecule has 3 nitrogen and oxygen atoms in total. The SMILES string of the molecule is CC1=[N+](c2c(C)cccc2C)C2[N+](c3c(C)cccc3C)=C(C)c3cc(C(F)(F)F)cc1[n+]32. The number of halogens is 3. The second kappa shape index (κ2) is 7.11. The van der Waals surface area contributed by atoms with Crippen molar-refractivity contribution in [3.05, 3.63) is 87.7 Å². The van der Waals surface area contributed by atoms with Gasteiger partial charge in [-0.25, -0.2) is 0 Å². The lowest BCUT2D eigenvalue weighted by Crippen LogP contribution is -2.45. The average molecular weight is 451 g/mol. The van der Waals surface area contributed by atoms with Crippen LogP contribution in [0.2, 0.25) is 0 Å². The normalized spacial score (nSPS) is 15.7. The van der Waals surface area contributed by atoms with Crippen LogP contribution in [0.15, 0.2) is 48.5 Å². The molecule has 2 aliphatic heterocycles. The van der Waals surface area contributed by atoms with Gasteiger partial charge < -0.3 is 0 Å². The first kappa shape index (κ1) is 21.6. The van der Waals surface area contributed by atoms with Gasteiger partial charge in [0, 0.05) is 48.2 Å². The molecular weight excluding hydrogens is 423 g/mol. The molecule has 2 aliphatic rings. The summed E-state index contributed by atoms with van der Waals surface area (Å²) < 4.78 is 48.1. The Morgan fingerprint density at radius 2 is 1.00 bits per heavy atom. The molecule has 0 spiro atoms. The molecule has 0 atom stereocenters. The molecule has 0 fully saturated rings. The lowest BCUT2D eigenvalue weighted by Gasteiger charge is -2.10. The van der Waals surface area contributed by atoms with E-state index in [-0.39, 0.29) is 6.29 Å². The fraction of sp³-hybridized carbons (Fsp3) is 0.296. The summed E-state index contributed by atoms with van der Waals surface area (Å²) in [5, 5.41) is 0. The minimum absolute atomic E-state index is 0.308. The number of pyridine rings is 1. The van der Waals surface area contributed by atoms with Crippen LogP contribution in [0.5, 0.6) is 0 Å². The van der Waals surface area contributed by atoms with Crippen LogP contribution in [0.25, 0.3) is 0 Å². The zero-order valence-electron chi connectivity index (χ0n) is 19.7. The molecule has 168 valence electrons. The highest BCUT2D eigenvalue weighted by Gasteiger charge is 2.63. The minimum atomic E-state index is -4.42. The van der Waals surface area contributed by atoms with Crippen molar-refractivity contribution in [1.82, 2.24) is 0 Å². The quantitative estimate of drug-likeness (QED) is 0.423. The fourth-order valence-electron chi connectivity index (χ4n) is 5.45. The topological polar surface area (TPSA) is 9.90 Å². The van der Waals surface area contributed by atoms with E-state index < -0.39 is 11.7 Å². The highest BCUT2D eigenvalue weighted by atomic mass is 19.4. The Bertz CT molecular complexity index is 1270. The van der Waals surface area contributed by atoms with Crippen LogP contribution in [0.3, 0.4) is 0 Å². The van der Waals surface area contributed by atoms with E-state index in [4.69, 9.17) is 0 Å². The van der Waals surface area contributed by atoms with E-state index in [9.17, 15) is 13.2 Å². The molecule has 5 rings (SSSR count). The average Bonchev–Trinajstić information content (AvgIpc) is 3.17. The van der Waals surface area contributed by atoms with Gasteiger partial charge in [0.2, 0.25) is 11.4 Å². The van der Waals surface area contributed by atoms with Gasteiger partial charge in [0.05, 0.1) is 5.56 Å². The van der Waals surface area contributed by atoms with Crippen LogP contribution in [-0.2, 0) is 6.18 Å². The van der Waals surface area contributed by atoms with Gasteiger partial charge in [-0.2, -0.15) is 13.2 Å². The molecule has 0 bridgehead atoms. The first-order valence-electron chi connectivity index (χ1n) is 11.1. The summed E-state index contributed by atoms with van der Waals surface area (Å²) in [4.78, 5) is 0. The van der Waals surface area contributed by atoms with Gasteiger partial charge in [-0.05, 0) is 27.7 Å². The summed E-state index contributed by atoms with van der Waals surface area (Å²) in [7, 11) is 0. The predicted molar refractivity (Wildman–Crippen MR) is 122 cm³/mol. The van der Waals surface area contributed by atoms with Crippen molar-refractivity contribution < 1.29 is 26.9 Å². The van der Waals surface area contributed by atoms with Gasteiger partial charge >= 0.3 is 12.5 Å². The smallest absolute Gasteiger partial charge is 0.166 e. The number of aryl methyl sites for hydroxylation is 4. The monoisotopic (exact) mass is 450 g/mol. The number of benzene rings is 2. The lowest BCUT2D eigenvalue weighted by atomic mass is 10.1. The number of rotatable bonds is 2. The molecule has 0 unspecified atom stereocenters.